The summed E-state index contributed by atoms with van der Waals surface area (Å²) in [7, 11) is 0. The third kappa shape index (κ3) is 2.71. The zero-order valence-corrected chi connectivity index (χ0v) is 20.3. The van der Waals surface area contributed by atoms with E-state index in [2.05, 4.69) is 22.6 Å². The van der Waals surface area contributed by atoms with Crippen molar-refractivity contribution >= 4 is 63.3 Å². The quantitative estimate of drug-likeness (QED) is 0.250. The second-order valence-corrected chi connectivity index (χ2v) is 10.1. The molecule has 0 aromatic heterocycles. The average molecular weight is 584 g/mol. The van der Waals surface area contributed by atoms with Crippen LogP contribution in [-0.2, 0) is 14.3 Å². The van der Waals surface area contributed by atoms with Gasteiger partial charge in [-0.2, -0.15) is 0 Å². The van der Waals surface area contributed by atoms with E-state index < -0.39 is 46.9 Å². The molecule has 2 saturated heterocycles. The maximum atomic E-state index is 13.9. The second-order valence-electron chi connectivity index (χ2n) is 8.50. The van der Waals surface area contributed by atoms with Gasteiger partial charge in [0, 0.05) is 19.7 Å². The topological polar surface area (TPSA) is 80.8 Å². The van der Waals surface area contributed by atoms with Crippen LogP contribution >= 0.6 is 34.2 Å². The number of rotatable bonds is 2. The third-order valence-electron chi connectivity index (χ3n) is 6.79. The molecule has 2 fully saturated rings. The van der Waals surface area contributed by atoms with Crippen LogP contribution in [0.15, 0.2) is 72.8 Å². The van der Waals surface area contributed by atoms with E-state index in [0.29, 0.717) is 19.8 Å². The SMILES string of the molecule is O=C1[C@@H]2[C@H](c3cccc(Cl)c3)OC3(C(=O)c4ccccc4C3=O)[C@H]2C(=O)N1c1ccccc1I. The molecule has 2 aliphatic heterocycles. The van der Waals surface area contributed by atoms with Crippen LogP contribution in [0.3, 0.4) is 0 Å². The Morgan fingerprint density at radius 2 is 1.47 bits per heavy atom. The van der Waals surface area contributed by atoms with Crippen LogP contribution in [0.5, 0.6) is 0 Å². The first-order valence-electron chi connectivity index (χ1n) is 10.6. The summed E-state index contributed by atoms with van der Waals surface area (Å²) in [6, 6.07) is 20.1. The summed E-state index contributed by atoms with van der Waals surface area (Å²) in [4.78, 5) is 56.2. The van der Waals surface area contributed by atoms with E-state index in [0.717, 1.165) is 4.90 Å². The number of ether oxygens (including phenoxy) is 1. The molecular formula is C26H15ClINO5. The highest BCUT2D eigenvalue weighted by atomic mass is 127. The number of anilines is 1. The predicted molar refractivity (Wildman–Crippen MR) is 132 cm³/mol. The van der Waals surface area contributed by atoms with Crippen molar-refractivity contribution in [1.29, 1.82) is 0 Å². The number of nitrogens with zero attached hydrogens (tertiary/aromatic N) is 1. The number of halogens is 2. The van der Waals surface area contributed by atoms with Crippen LogP contribution in [0.25, 0.3) is 0 Å². The number of fused-ring (bicyclic) bond motifs is 3. The number of carbonyl (C=O) groups is 4. The Hall–Kier alpha value is -2.88. The molecule has 3 atom stereocenters. The molecule has 0 unspecified atom stereocenters. The minimum Gasteiger partial charge on any atom is -0.349 e. The molecule has 6 nitrogen and oxygen atoms in total. The Balaban J connectivity index is 1.57. The Morgan fingerprint density at radius 3 is 2.12 bits per heavy atom. The highest BCUT2D eigenvalue weighted by molar-refractivity contribution is 14.1. The molecule has 168 valence electrons. The van der Waals surface area contributed by atoms with Crippen molar-refractivity contribution < 1.29 is 23.9 Å². The number of ketones is 2. The number of benzene rings is 3. The zero-order chi connectivity index (χ0) is 23.8. The van der Waals surface area contributed by atoms with Gasteiger partial charge in [-0.1, -0.05) is 60.1 Å². The summed E-state index contributed by atoms with van der Waals surface area (Å²) in [5, 5.41) is 0.414. The van der Waals surface area contributed by atoms with Crippen LogP contribution in [0, 0.1) is 15.4 Å². The lowest BCUT2D eigenvalue weighted by atomic mass is 9.77. The highest BCUT2D eigenvalue weighted by Gasteiger charge is 2.74. The van der Waals surface area contributed by atoms with Gasteiger partial charge in [-0.05, 0) is 52.4 Å². The molecule has 2 amide bonds. The minimum atomic E-state index is -2.09. The standard InChI is InChI=1S/C26H15ClINO5/c27-14-7-5-6-13(12-14)21-19-20(25(33)29(24(19)32)18-11-4-3-10-17(18)28)26(34-21)22(30)15-8-1-2-9-16(15)23(26)31/h1-12,19-21H/t19-,20+,21-/m0/s1. The lowest BCUT2D eigenvalue weighted by molar-refractivity contribution is -0.127. The van der Waals surface area contributed by atoms with Gasteiger partial charge in [0.15, 0.2) is 0 Å². The summed E-state index contributed by atoms with van der Waals surface area (Å²) in [6.45, 7) is 0. The van der Waals surface area contributed by atoms with E-state index in [4.69, 9.17) is 16.3 Å². The van der Waals surface area contributed by atoms with E-state index in [9.17, 15) is 19.2 Å². The number of carbonyl (C=O) groups excluding carboxylic acids is 4. The fraction of sp³-hybridized carbons (Fsp3) is 0.154. The predicted octanol–water partition coefficient (Wildman–Crippen LogP) is 4.64. The first-order valence-corrected chi connectivity index (χ1v) is 12.1. The molecule has 8 heteroatoms. The second kappa shape index (κ2) is 7.56. The van der Waals surface area contributed by atoms with Crippen LogP contribution in [0.1, 0.15) is 32.4 Å². The van der Waals surface area contributed by atoms with Gasteiger partial charge in [0.05, 0.1) is 23.6 Å². The summed E-state index contributed by atoms with van der Waals surface area (Å²) in [5.41, 5.74) is -0.746. The summed E-state index contributed by atoms with van der Waals surface area (Å²) < 4.78 is 6.95. The van der Waals surface area contributed by atoms with E-state index in [1.165, 1.54) is 0 Å². The molecule has 0 bridgehead atoms. The van der Waals surface area contributed by atoms with Crippen LogP contribution in [0.4, 0.5) is 5.69 Å². The molecule has 3 aliphatic rings. The van der Waals surface area contributed by atoms with Crippen LogP contribution in [0.2, 0.25) is 5.02 Å². The van der Waals surface area contributed by atoms with E-state index in [-0.39, 0.29) is 11.1 Å². The lowest BCUT2D eigenvalue weighted by Crippen LogP contribution is -2.51. The van der Waals surface area contributed by atoms with Gasteiger partial charge in [0.1, 0.15) is 0 Å². The van der Waals surface area contributed by atoms with Crippen molar-refractivity contribution in [2.75, 3.05) is 4.90 Å². The number of hydrogen-bond donors (Lipinski definition) is 0. The monoisotopic (exact) mass is 583 g/mol. The molecule has 34 heavy (non-hydrogen) atoms. The third-order valence-corrected chi connectivity index (χ3v) is 7.94. The first-order chi connectivity index (χ1) is 16.4. The van der Waals surface area contributed by atoms with Gasteiger partial charge >= 0.3 is 0 Å². The molecule has 1 spiro atoms. The fourth-order valence-electron chi connectivity index (χ4n) is 5.37. The number of para-hydroxylation sites is 1. The van der Waals surface area contributed by atoms with Gasteiger partial charge in [0.25, 0.3) is 0 Å². The highest BCUT2D eigenvalue weighted by Crippen LogP contribution is 2.58. The molecule has 0 N–H and O–H groups in total. The van der Waals surface area contributed by atoms with Gasteiger partial charge in [-0.15, -0.1) is 0 Å². The van der Waals surface area contributed by atoms with Crippen molar-refractivity contribution in [3.63, 3.8) is 0 Å². The molecule has 2 heterocycles. The van der Waals surface area contributed by atoms with Gasteiger partial charge < -0.3 is 4.74 Å². The van der Waals surface area contributed by atoms with Gasteiger partial charge in [0.2, 0.25) is 29.0 Å². The van der Waals surface area contributed by atoms with Crippen molar-refractivity contribution in [2.45, 2.75) is 11.7 Å². The van der Waals surface area contributed by atoms with E-state index in [1.807, 2.05) is 0 Å². The normalized spacial score (nSPS) is 24.8. The maximum absolute atomic E-state index is 13.9. The molecule has 3 aromatic rings. The van der Waals surface area contributed by atoms with E-state index >= 15 is 0 Å². The van der Waals surface area contributed by atoms with Gasteiger partial charge in [-0.3, -0.25) is 19.2 Å². The molecule has 0 saturated carbocycles. The maximum Gasteiger partial charge on any atom is 0.241 e. The van der Waals surface area contributed by atoms with Crippen molar-refractivity contribution in [2.24, 2.45) is 11.8 Å². The first kappa shape index (κ1) is 21.6. The molecule has 0 radical (unpaired) electrons. The molecule has 3 aromatic carbocycles. The summed E-state index contributed by atoms with van der Waals surface area (Å²) in [6.07, 6.45) is -0.992. The zero-order valence-electron chi connectivity index (χ0n) is 17.4. The number of imide groups is 1. The van der Waals surface area contributed by atoms with Gasteiger partial charge in [-0.25, -0.2) is 4.90 Å². The molecular weight excluding hydrogens is 569 g/mol. The van der Waals surface area contributed by atoms with Crippen molar-refractivity contribution in [3.05, 3.63) is 98.1 Å². The van der Waals surface area contributed by atoms with Crippen LogP contribution < -0.4 is 4.90 Å². The Kier molecular flexibility index (Phi) is 4.81. The Bertz CT molecular complexity index is 1400. The van der Waals surface area contributed by atoms with Crippen molar-refractivity contribution in [1.82, 2.24) is 0 Å². The lowest BCUT2D eigenvalue weighted by Gasteiger charge is -2.27. The fourth-order valence-corrected chi connectivity index (χ4v) is 6.20. The molecule has 6 rings (SSSR count). The number of Topliss-reactive ketones (excluding diaryl/α,β-unsaturated/α-hetero) is 2. The molecule has 1 aliphatic carbocycles. The van der Waals surface area contributed by atoms with Crippen molar-refractivity contribution in [3.8, 4) is 0 Å². The average Bonchev–Trinajstić information content (AvgIpc) is 3.40. The summed E-state index contributed by atoms with van der Waals surface area (Å²) in [5.74, 6) is -4.62. The Labute approximate surface area is 213 Å². The minimum absolute atomic E-state index is 0.200. The Morgan fingerprint density at radius 1 is 0.824 bits per heavy atom. The number of hydrogen-bond acceptors (Lipinski definition) is 5. The van der Waals surface area contributed by atoms with Crippen LogP contribution in [-0.4, -0.2) is 29.0 Å². The smallest absolute Gasteiger partial charge is 0.241 e. The summed E-state index contributed by atoms with van der Waals surface area (Å²) >= 11 is 8.26. The largest absolute Gasteiger partial charge is 0.349 e. The van der Waals surface area contributed by atoms with E-state index in [1.54, 1.807) is 72.8 Å². The number of amides is 2.